The molecule has 0 fully saturated rings. The number of rotatable bonds is 3. The largest absolute Gasteiger partial charge is 0.506 e. The summed E-state index contributed by atoms with van der Waals surface area (Å²) in [6, 6.07) is 0. The number of aromatic hydroxyl groups is 1. The molecule has 1 heterocycles. The molecule has 0 unspecified atom stereocenters. The van der Waals surface area contributed by atoms with Crippen molar-refractivity contribution in [2.75, 3.05) is 0 Å². The maximum absolute atomic E-state index is 10.8. The Kier molecular flexibility index (Phi) is 3.46. The maximum Gasteiger partial charge on any atom is 0.329 e. The first-order chi connectivity index (χ1) is 6.85. The Morgan fingerprint density at radius 2 is 2.07 bits per heavy atom. The Bertz CT molecular complexity index is 414. The lowest BCUT2D eigenvalue weighted by molar-refractivity contribution is 0.273. The van der Waals surface area contributed by atoms with E-state index in [2.05, 4.69) is 4.98 Å². The van der Waals surface area contributed by atoms with Crippen LogP contribution in [0.4, 0.5) is 0 Å². The summed E-state index contributed by atoms with van der Waals surface area (Å²) in [6.45, 7) is 1.06. The highest BCUT2D eigenvalue weighted by molar-refractivity contribution is 7.50. The van der Waals surface area contributed by atoms with Crippen LogP contribution >= 0.6 is 7.60 Å². The van der Waals surface area contributed by atoms with Gasteiger partial charge >= 0.3 is 7.60 Å². The molecule has 0 aliphatic heterocycles. The molecule has 0 atom stereocenters. The number of aryl methyl sites for hydroxylation is 1. The average molecular weight is 233 g/mol. The molecule has 1 aromatic rings. The van der Waals surface area contributed by atoms with Gasteiger partial charge in [-0.2, -0.15) is 0 Å². The molecule has 0 aromatic carbocycles. The Morgan fingerprint density at radius 1 is 1.47 bits per heavy atom. The molecule has 84 valence electrons. The van der Waals surface area contributed by atoms with E-state index in [0.717, 1.165) is 0 Å². The zero-order valence-corrected chi connectivity index (χ0v) is 8.98. The Balaban J connectivity index is 3.19. The van der Waals surface area contributed by atoms with Gasteiger partial charge in [0.15, 0.2) is 0 Å². The fraction of sp³-hybridized carbons (Fsp3) is 0.375. The topological polar surface area (TPSA) is 111 Å². The van der Waals surface area contributed by atoms with Crippen molar-refractivity contribution in [3.63, 3.8) is 0 Å². The van der Waals surface area contributed by atoms with E-state index in [1.54, 1.807) is 0 Å². The standard InChI is InChI=1S/C8H12NO5P/c1-5-8(11)7(3-10)6(2-9-5)4-15(12,13)14/h2,10-11H,3-4H2,1H3,(H2,12,13,14). The van der Waals surface area contributed by atoms with Crippen LogP contribution in [0.25, 0.3) is 0 Å². The van der Waals surface area contributed by atoms with Crippen LogP contribution < -0.4 is 0 Å². The normalized spacial score (nSPS) is 11.7. The highest BCUT2D eigenvalue weighted by atomic mass is 31.2. The highest BCUT2D eigenvalue weighted by Crippen LogP contribution is 2.41. The van der Waals surface area contributed by atoms with Crippen LogP contribution in [0.1, 0.15) is 16.8 Å². The molecule has 0 saturated heterocycles. The van der Waals surface area contributed by atoms with E-state index in [0.29, 0.717) is 5.69 Å². The van der Waals surface area contributed by atoms with Gasteiger partial charge in [0, 0.05) is 11.8 Å². The summed E-state index contributed by atoms with van der Waals surface area (Å²) in [7, 11) is -4.22. The lowest BCUT2D eigenvalue weighted by atomic mass is 10.1. The van der Waals surface area contributed by atoms with Crippen molar-refractivity contribution < 1.29 is 24.6 Å². The lowest BCUT2D eigenvalue weighted by Gasteiger charge is -2.11. The third-order valence-electron chi connectivity index (χ3n) is 1.96. The minimum absolute atomic E-state index is 0.117. The summed E-state index contributed by atoms with van der Waals surface area (Å²) < 4.78 is 10.8. The van der Waals surface area contributed by atoms with Gasteiger partial charge in [-0.3, -0.25) is 9.55 Å². The van der Waals surface area contributed by atoms with Gasteiger partial charge in [-0.25, -0.2) is 0 Å². The van der Waals surface area contributed by atoms with Gasteiger partial charge in [-0.15, -0.1) is 0 Å². The van der Waals surface area contributed by atoms with Crippen LogP contribution in [0.2, 0.25) is 0 Å². The molecule has 0 spiro atoms. The second-order valence-corrected chi connectivity index (χ2v) is 4.82. The van der Waals surface area contributed by atoms with Crippen molar-refractivity contribution in [3.8, 4) is 5.75 Å². The first-order valence-corrected chi connectivity index (χ1v) is 5.96. The van der Waals surface area contributed by atoms with Gasteiger partial charge < -0.3 is 20.0 Å². The van der Waals surface area contributed by atoms with Gasteiger partial charge in [-0.1, -0.05) is 0 Å². The number of hydrogen-bond acceptors (Lipinski definition) is 4. The third-order valence-corrected chi connectivity index (χ3v) is 2.72. The van der Waals surface area contributed by atoms with Gasteiger partial charge in [0.1, 0.15) is 5.75 Å². The Hall–Kier alpha value is -0.940. The fourth-order valence-electron chi connectivity index (χ4n) is 1.22. The summed E-state index contributed by atoms with van der Waals surface area (Å²) >= 11 is 0. The summed E-state index contributed by atoms with van der Waals surface area (Å²) in [6.07, 6.45) is 0.712. The zero-order valence-electron chi connectivity index (χ0n) is 8.08. The van der Waals surface area contributed by atoms with E-state index in [-0.39, 0.29) is 16.9 Å². The maximum atomic E-state index is 10.8. The van der Waals surface area contributed by atoms with Crippen molar-refractivity contribution in [2.24, 2.45) is 0 Å². The molecular weight excluding hydrogens is 221 g/mol. The van der Waals surface area contributed by atoms with E-state index < -0.39 is 20.4 Å². The van der Waals surface area contributed by atoms with Crippen molar-refractivity contribution in [3.05, 3.63) is 23.0 Å². The number of aliphatic hydroxyl groups is 1. The third kappa shape index (κ3) is 3.00. The average Bonchev–Trinajstić information content (AvgIpc) is 2.10. The van der Waals surface area contributed by atoms with Gasteiger partial charge in [0.25, 0.3) is 0 Å². The quantitative estimate of drug-likeness (QED) is 0.557. The second kappa shape index (κ2) is 4.28. The van der Waals surface area contributed by atoms with Crippen LogP contribution in [-0.4, -0.2) is 25.0 Å². The molecule has 0 radical (unpaired) electrons. The number of nitrogens with zero attached hydrogens (tertiary/aromatic N) is 1. The highest BCUT2D eigenvalue weighted by Gasteiger charge is 2.19. The number of aliphatic hydroxyl groups excluding tert-OH is 1. The summed E-state index contributed by atoms with van der Waals surface area (Å²) in [5, 5.41) is 18.5. The second-order valence-electron chi connectivity index (χ2n) is 3.18. The molecule has 0 aliphatic carbocycles. The minimum atomic E-state index is -4.22. The van der Waals surface area contributed by atoms with E-state index in [4.69, 9.17) is 14.9 Å². The molecule has 15 heavy (non-hydrogen) atoms. The predicted octanol–water partition coefficient (Wildman–Crippen LogP) is 0.266. The summed E-state index contributed by atoms with van der Waals surface area (Å²) in [5.74, 6) is -0.219. The van der Waals surface area contributed by atoms with Crippen molar-refractivity contribution in [1.29, 1.82) is 0 Å². The van der Waals surface area contributed by atoms with Crippen molar-refractivity contribution in [2.45, 2.75) is 19.7 Å². The van der Waals surface area contributed by atoms with Crippen molar-refractivity contribution in [1.82, 2.24) is 4.98 Å². The monoisotopic (exact) mass is 233 g/mol. The predicted molar refractivity (Wildman–Crippen MR) is 52.3 cm³/mol. The van der Waals surface area contributed by atoms with Crippen LogP contribution in [0, 0.1) is 6.92 Å². The molecule has 1 rings (SSSR count). The molecule has 4 N–H and O–H groups in total. The molecule has 1 aromatic heterocycles. The molecule has 0 saturated carbocycles. The Labute approximate surface area is 86.4 Å². The smallest absolute Gasteiger partial charge is 0.329 e. The van der Waals surface area contributed by atoms with Crippen LogP contribution in [-0.2, 0) is 17.3 Å². The minimum Gasteiger partial charge on any atom is -0.506 e. The summed E-state index contributed by atoms with van der Waals surface area (Å²) in [5.41, 5.74) is 0.591. The molecule has 0 amide bonds. The molecule has 7 heteroatoms. The van der Waals surface area contributed by atoms with Gasteiger partial charge in [0.2, 0.25) is 0 Å². The van der Waals surface area contributed by atoms with E-state index >= 15 is 0 Å². The molecule has 0 aliphatic rings. The van der Waals surface area contributed by atoms with Crippen molar-refractivity contribution >= 4 is 7.60 Å². The number of aromatic nitrogens is 1. The first-order valence-electron chi connectivity index (χ1n) is 4.17. The van der Waals surface area contributed by atoms with Crippen LogP contribution in [0.3, 0.4) is 0 Å². The van der Waals surface area contributed by atoms with E-state index in [9.17, 15) is 9.67 Å². The van der Waals surface area contributed by atoms with Gasteiger partial charge in [0.05, 0.1) is 18.5 Å². The SMILES string of the molecule is Cc1ncc(CP(=O)(O)O)c(CO)c1O. The zero-order chi connectivity index (χ0) is 11.6. The van der Waals surface area contributed by atoms with E-state index in [1.807, 2.05) is 0 Å². The van der Waals surface area contributed by atoms with Crippen LogP contribution in [0.15, 0.2) is 6.20 Å². The summed E-state index contributed by atoms with van der Waals surface area (Å²) in [4.78, 5) is 21.3. The first kappa shape index (κ1) is 12.1. The molecule has 0 bridgehead atoms. The number of hydrogen-bond donors (Lipinski definition) is 4. The number of pyridine rings is 1. The molecular formula is C8H12NO5P. The fourth-order valence-corrected chi connectivity index (χ4v) is 1.94. The molecule has 6 nitrogen and oxygen atoms in total. The van der Waals surface area contributed by atoms with E-state index in [1.165, 1.54) is 13.1 Å². The van der Waals surface area contributed by atoms with Gasteiger partial charge in [-0.05, 0) is 12.5 Å². The Morgan fingerprint density at radius 3 is 2.53 bits per heavy atom. The lowest BCUT2D eigenvalue weighted by Crippen LogP contribution is -1.99. The van der Waals surface area contributed by atoms with Crippen LogP contribution in [0.5, 0.6) is 5.75 Å².